The molecule has 2 aromatic rings. The second-order valence-corrected chi connectivity index (χ2v) is 10.7. The largest absolute Gasteiger partial charge is 0.0761 e. The van der Waals surface area contributed by atoms with Gasteiger partial charge < -0.3 is 0 Å². The number of hydrogen-bond acceptors (Lipinski definition) is 0. The molecule has 0 spiro atoms. The Bertz CT molecular complexity index is 671. The number of rotatable bonds is 6. The molecule has 0 bridgehead atoms. The minimum atomic E-state index is -0.872. The summed E-state index contributed by atoms with van der Waals surface area (Å²) in [6.45, 7) is 7.45. The summed E-state index contributed by atoms with van der Waals surface area (Å²) in [5.41, 5.74) is 4.48. The van der Waals surface area contributed by atoms with E-state index in [1.807, 2.05) is 0 Å². The maximum absolute atomic E-state index is 2.55. The fraction of sp³-hybridized carbons (Fsp3) is 0.364. The Hall–Kier alpha value is -1.60. The highest BCUT2D eigenvalue weighted by Crippen LogP contribution is 2.55. The minimum absolute atomic E-state index is 0.430. The van der Waals surface area contributed by atoms with E-state index in [-0.39, 0.29) is 0 Å². The Labute approximate surface area is 142 Å². The summed E-state index contributed by atoms with van der Waals surface area (Å²) in [7, 11) is -0.872. The molecular formula is C22H28Si. The van der Waals surface area contributed by atoms with Crippen molar-refractivity contribution in [2.24, 2.45) is 0 Å². The van der Waals surface area contributed by atoms with Crippen LogP contribution in [0.2, 0.25) is 18.1 Å². The molecule has 2 atom stereocenters. The van der Waals surface area contributed by atoms with E-state index in [1.54, 1.807) is 5.56 Å². The smallest absolute Gasteiger partial charge is 0.0388 e. The maximum Gasteiger partial charge on any atom is 0.0388 e. The topological polar surface area (TPSA) is 0 Å². The molecule has 0 nitrogen and oxygen atoms in total. The van der Waals surface area contributed by atoms with Crippen LogP contribution in [0.4, 0.5) is 0 Å². The van der Waals surface area contributed by atoms with Gasteiger partial charge in [-0.2, -0.15) is 0 Å². The Morgan fingerprint density at radius 1 is 0.957 bits per heavy atom. The average molecular weight is 321 g/mol. The van der Waals surface area contributed by atoms with Crippen molar-refractivity contribution in [2.75, 3.05) is 0 Å². The normalized spacial score (nSPS) is 18.9. The molecule has 0 heterocycles. The van der Waals surface area contributed by atoms with Crippen molar-refractivity contribution in [3.63, 3.8) is 0 Å². The lowest BCUT2D eigenvalue weighted by molar-refractivity contribution is 0.449. The molecule has 2 unspecified atom stereocenters. The van der Waals surface area contributed by atoms with Crippen LogP contribution >= 0.6 is 0 Å². The molecule has 0 saturated heterocycles. The highest BCUT2D eigenvalue weighted by atomic mass is 28.3. The van der Waals surface area contributed by atoms with E-state index >= 15 is 0 Å². The molecule has 0 N–H and O–H groups in total. The Morgan fingerprint density at radius 3 is 2.35 bits per heavy atom. The molecule has 1 aliphatic carbocycles. The van der Waals surface area contributed by atoms with Crippen molar-refractivity contribution in [2.45, 2.75) is 50.2 Å². The zero-order valence-corrected chi connectivity index (χ0v) is 15.8. The Kier molecular flexibility index (Phi) is 4.86. The Balaban J connectivity index is 2.04. The molecule has 120 valence electrons. The predicted octanol–water partition coefficient (Wildman–Crippen LogP) is 6.07. The molecule has 0 amide bonds. The molecule has 1 heteroatoms. The lowest BCUT2D eigenvalue weighted by atomic mass is 9.79. The first-order chi connectivity index (χ1) is 11.2. The van der Waals surface area contributed by atoms with Gasteiger partial charge >= 0.3 is 0 Å². The van der Waals surface area contributed by atoms with E-state index in [0.717, 1.165) is 0 Å². The van der Waals surface area contributed by atoms with Crippen molar-refractivity contribution < 1.29 is 0 Å². The summed E-state index contributed by atoms with van der Waals surface area (Å²) < 4.78 is 0. The monoisotopic (exact) mass is 320 g/mol. The van der Waals surface area contributed by atoms with Crippen LogP contribution in [0.5, 0.6) is 0 Å². The first-order valence-corrected chi connectivity index (χ1v) is 11.9. The van der Waals surface area contributed by atoms with Gasteiger partial charge in [-0.1, -0.05) is 93.2 Å². The zero-order chi connectivity index (χ0) is 16.3. The molecule has 0 aromatic heterocycles. The van der Waals surface area contributed by atoms with Gasteiger partial charge in [-0.05, 0) is 34.6 Å². The first-order valence-electron chi connectivity index (χ1n) is 8.98. The fourth-order valence-electron chi connectivity index (χ4n) is 4.40. The SMILES string of the molecule is CCCC(Cc1ccccc1)(C1C=Cc2ccccc21)[SiH](C)C. The van der Waals surface area contributed by atoms with Gasteiger partial charge in [0.05, 0.1) is 0 Å². The van der Waals surface area contributed by atoms with Gasteiger partial charge in [-0.15, -0.1) is 0 Å². The summed E-state index contributed by atoms with van der Waals surface area (Å²) in [5, 5.41) is 0.430. The third kappa shape index (κ3) is 3.07. The van der Waals surface area contributed by atoms with Gasteiger partial charge in [-0.25, -0.2) is 0 Å². The third-order valence-electron chi connectivity index (χ3n) is 5.66. The molecule has 0 fully saturated rings. The van der Waals surface area contributed by atoms with Crippen molar-refractivity contribution in [3.05, 3.63) is 77.4 Å². The van der Waals surface area contributed by atoms with Crippen molar-refractivity contribution in [3.8, 4) is 0 Å². The number of benzene rings is 2. The lowest BCUT2D eigenvalue weighted by Crippen LogP contribution is -2.35. The fourth-order valence-corrected chi connectivity index (χ4v) is 6.92. The van der Waals surface area contributed by atoms with Crippen LogP contribution in [-0.4, -0.2) is 8.80 Å². The summed E-state index contributed by atoms with van der Waals surface area (Å²) in [4.78, 5) is 0. The van der Waals surface area contributed by atoms with E-state index < -0.39 is 8.80 Å². The molecule has 0 radical (unpaired) electrons. The standard InChI is InChI=1S/C22H28Si/c1-4-16-22(23(2)3,17-18-10-6-5-7-11-18)21-15-14-19-12-8-9-13-20(19)21/h5-15,21,23H,4,16-17H2,1-3H3. The van der Waals surface area contributed by atoms with Crippen LogP contribution in [0.25, 0.3) is 6.08 Å². The van der Waals surface area contributed by atoms with Crippen LogP contribution in [0.1, 0.15) is 42.4 Å². The Morgan fingerprint density at radius 2 is 1.65 bits per heavy atom. The van der Waals surface area contributed by atoms with Gasteiger partial charge in [0.25, 0.3) is 0 Å². The second kappa shape index (κ2) is 6.88. The minimum Gasteiger partial charge on any atom is -0.0761 e. The molecular weight excluding hydrogens is 292 g/mol. The van der Waals surface area contributed by atoms with Gasteiger partial charge in [0, 0.05) is 14.7 Å². The highest BCUT2D eigenvalue weighted by Gasteiger charge is 2.42. The van der Waals surface area contributed by atoms with Crippen LogP contribution in [0.15, 0.2) is 60.7 Å². The van der Waals surface area contributed by atoms with Gasteiger partial charge in [0.1, 0.15) is 0 Å². The first kappa shape index (κ1) is 16.3. The van der Waals surface area contributed by atoms with E-state index in [1.165, 1.54) is 30.4 Å². The van der Waals surface area contributed by atoms with Gasteiger partial charge in [0.15, 0.2) is 0 Å². The zero-order valence-electron chi connectivity index (χ0n) is 14.6. The lowest BCUT2D eigenvalue weighted by Gasteiger charge is -2.43. The number of allylic oxidation sites excluding steroid dienone is 1. The van der Waals surface area contributed by atoms with Crippen molar-refractivity contribution >= 4 is 14.9 Å². The molecule has 0 saturated carbocycles. The van der Waals surface area contributed by atoms with Crippen LogP contribution in [0.3, 0.4) is 0 Å². The molecule has 1 aliphatic rings. The van der Waals surface area contributed by atoms with E-state index in [0.29, 0.717) is 11.0 Å². The van der Waals surface area contributed by atoms with Crippen LogP contribution < -0.4 is 0 Å². The quantitative estimate of drug-likeness (QED) is 0.567. The van der Waals surface area contributed by atoms with Crippen molar-refractivity contribution in [1.82, 2.24) is 0 Å². The second-order valence-electron chi connectivity index (χ2n) is 7.27. The molecule has 23 heavy (non-hydrogen) atoms. The maximum atomic E-state index is 2.55. The van der Waals surface area contributed by atoms with E-state index in [4.69, 9.17) is 0 Å². The van der Waals surface area contributed by atoms with Gasteiger partial charge in [0.2, 0.25) is 0 Å². The summed E-state index contributed by atoms with van der Waals surface area (Å²) >= 11 is 0. The third-order valence-corrected chi connectivity index (χ3v) is 8.81. The van der Waals surface area contributed by atoms with Crippen molar-refractivity contribution in [1.29, 1.82) is 0 Å². The molecule has 2 aromatic carbocycles. The van der Waals surface area contributed by atoms with Gasteiger partial charge in [-0.3, -0.25) is 0 Å². The van der Waals surface area contributed by atoms with E-state index in [2.05, 4.69) is 86.8 Å². The summed E-state index contributed by atoms with van der Waals surface area (Å²) in [6, 6.07) is 20.1. The summed E-state index contributed by atoms with van der Waals surface area (Å²) in [6.07, 6.45) is 8.66. The summed E-state index contributed by atoms with van der Waals surface area (Å²) in [5.74, 6) is 0.588. The van der Waals surface area contributed by atoms with Crippen LogP contribution in [0, 0.1) is 0 Å². The van der Waals surface area contributed by atoms with Crippen LogP contribution in [-0.2, 0) is 6.42 Å². The molecule has 3 rings (SSSR count). The van der Waals surface area contributed by atoms with E-state index in [9.17, 15) is 0 Å². The predicted molar refractivity (Wildman–Crippen MR) is 105 cm³/mol. The molecule has 0 aliphatic heterocycles. The number of hydrogen-bond donors (Lipinski definition) is 0. The average Bonchev–Trinajstić information content (AvgIpc) is 2.99. The highest BCUT2D eigenvalue weighted by molar-refractivity contribution is 6.60. The number of fused-ring (bicyclic) bond motifs is 1.